The van der Waals surface area contributed by atoms with E-state index < -0.39 is 5.72 Å². The fraction of sp³-hybridized carbons (Fsp3) is 0.257. The Morgan fingerprint density at radius 3 is 2.46 bits per heavy atom. The minimum Gasteiger partial charge on any atom is -0.485 e. The number of ether oxygens (including phenoxy) is 2. The summed E-state index contributed by atoms with van der Waals surface area (Å²) in [4.78, 5) is 28.3. The molecule has 0 aliphatic carbocycles. The lowest BCUT2D eigenvalue weighted by Gasteiger charge is -2.50. The number of rotatable bonds is 9. The third kappa shape index (κ3) is 5.68. The Kier molecular flexibility index (Phi) is 7.47. The number of hydrogen-bond donors (Lipinski definition) is 1. The van der Waals surface area contributed by atoms with Gasteiger partial charge in [0.1, 0.15) is 6.61 Å². The van der Waals surface area contributed by atoms with Crippen molar-refractivity contribution in [2.24, 2.45) is 0 Å². The minimum absolute atomic E-state index is 0.0228. The standard InChI is InChI=1S/C35H34N2O4/c1-35-23-28(30-18-9-19-31(33(30)41-35)40-24-26-13-6-3-7-14-26)22-32(38)37(35)29-17-8-16-27(21-29)34(39)36-20-10-15-25-11-4-2-5-12-25/h2-9,11-14,16-19,21,28H,10,15,20,22-24H2,1H3,(H,36,39). The van der Waals surface area contributed by atoms with Crippen molar-refractivity contribution in [1.82, 2.24) is 5.32 Å². The van der Waals surface area contributed by atoms with Crippen LogP contribution in [0.5, 0.6) is 11.5 Å². The first-order valence-electron chi connectivity index (χ1n) is 14.2. The van der Waals surface area contributed by atoms with E-state index in [2.05, 4.69) is 17.4 Å². The topological polar surface area (TPSA) is 67.9 Å². The highest BCUT2D eigenvalue weighted by atomic mass is 16.5. The second kappa shape index (κ2) is 11.5. The largest absolute Gasteiger partial charge is 0.485 e. The summed E-state index contributed by atoms with van der Waals surface area (Å²) in [6.07, 6.45) is 2.77. The lowest BCUT2D eigenvalue weighted by molar-refractivity contribution is -0.127. The molecule has 1 fully saturated rings. The van der Waals surface area contributed by atoms with Crippen LogP contribution in [0.15, 0.2) is 103 Å². The van der Waals surface area contributed by atoms with Crippen molar-refractivity contribution in [3.63, 3.8) is 0 Å². The normalized spacial score (nSPS) is 19.2. The van der Waals surface area contributed by atoms with Crippen LogP contribution in [0.2, 0.25) is 0 Å². The number of anilines is 1. The summed E-state index contributed by atoms with van der Waals surface area (Å²) in [5.41, 5.74) is 3.58. The zero-order valence-corrected chi connectivity index (χ0v) is 23.2. The summed E-state index contributed by atoms with van der Waals surface area (Å²) in [6.45, 7) is 2.95. The van der Waals surface area contributed by atoms with E-state index in [1.807, 2.05) is 85.8 Å². The van der Waals surface area contributed by atoms with Crippen LogP contribution in [0.25, 0.3) is 0 Å². The number of carbonyl (C=O) groups excluding carboxylic acids is 2. The van der Waals surface area contributed by atoms with Gasteiger partial charge in [0.15, 0.2) is 17.2 Å². The predicted octanol–water partition coefficient (Wildman–Crippen LogP) is 6.65. The predicted molar refractivity (Wildman–Crippen MR) is 159 cm³/mol. The second-order valence-corrected chi connectivity index (χ2v) is 11.0. The van der Waals surface area contributed by atoms with E-state index in [9.17, 15) is 9.59 Å². The van der Waals surface area contributed by atoms with Crippen molar-refractivity contribution in [2.45, 2.75) is 50.9 Å². The highest BCUT2D eigenvalue weighted by Gasteiger charge is 2.50. The Hall–Kier alpha value is -4.58. The number of nitrogens with zero attached hydrogens (tertiary/aromatic N) is 1. The van der Waals surface area contributed by atoms with E-state index in [4.69, 9.17) is 9.47 Å². The van der Waals surface area contributed by atoms with Crippen LogP contribution < -0.4 is 19.7 Å². The van der Waals surface area contributed by atoms with Crippen molar-refractivity contribution in [3.05, 3.63) is 125 Å². The molecule has 2 amide bonds. The molecule has 0 aromatic heterocycles. The summed E-state index contributed by atoms with van der Waals surface area (Å²) in [6, 6.07) is 33.4. The van der Waals surface area contributed by atoms with Crippen molar-refractivity contribution in [1.29, 1.82) is 0 Å². The molecule has 6 heteroatoms. The first-order valence-corrected chi connectivity index (χ1v) is 14.2. The van der Waals surface area contributed by atoms with Crippen LogP contribution in [0.4, 0.5) is 5.69 Å². The van der Waals surface area contributed by atoms with Gasteiger partial charge in [0.25, 0.3) is 5.91 Å². The Morgan fingerprint density at radius 1 is 0.951 bits per heavy atom. The molecule has 2 heterocycles. The van der Waals surface area contributed by atoms with Crippen LogP contribution in [0.1, 0.15) is 59.2 Å². The average Bonchev–Trinajstić information content (AvgIpc) is 2.99. The molecule has 0 radical (unpaired) electrons. The molecule has 1 saturated heterocycles. The van der Waals surface area contributed by atoms with Gasteiger partial charge < -0.3 is 14.8 Å². The number of piperidine rings is 1. The summed E-state index contributed by atoms with van der Waals surface area (Å²) in [5, 5.41) is 3.02. The van der Waals surface area contributed by atoms with E-state index in [-0.39, 0.29) is 17.7 Å². The Bertz CT molecular complexity index is 1540. The van der Waals surface area contributed by atoms with Gasteiger partial charge in [-0.2, -0.15) is 0 Å². The van der Waals surface area contributed by atoms with Crippen LogP contribution >= 0.6 is 0 Å². The molecule has 4 aromatic carbocycles. The first-order chi connectivity index (χ1) is 20.0. The summed E-state index contributed by atoms with van der Waals surface area (Å²) in [7, 11) is 0. The van der Waals surface area contributed by atoms with Crippen LogP contribution in [-0.4, -0.2) is 24.1 Å². The number of aryl methyl sites for hydroxylation is 1. The molecule has 41 heavy (non-hydrogen) atoms. The van der Waals surface area contributed by atoms with Gasteiger partial charge in [-0.05, 0) is 55.2 Å². The number of para-hydroxylation sites is 1. The lowest BCUT2D eigenvalue weighted by atomic mass is 9.80. The van der Waals surface area contributed by atoms with E-state index in [1.54, 1.807) is 17.0 Å². The number of nitrogens with one attached hydrogen (secondary N) is 1. The summed E-state index contributed by atoms with van der Waals surface area (Å²) >= 11 is 0. The van der Waals surface area contributed by atoms with E-state index in [0.29, 0.717) is 48.7 Å². The van der Waals surface area contributed by atoms with E-state index >= 15 is 0 Å². The Labute approximate surface area is 240 Å². The molecule has 6 rings (SSSR count). The molecule has 0 saturated carbocycles. The summed E-state index contributed by atoms with van der Waals surface area (Å²) < 4.78 is 12.9. The van der Waals surface area contributed by atoms with Crippen LogP contribution in [0.3, 0.4) is 0 Å². The quantitative estimate of drug-likeness (QED) is 0.239. The highest BCUT2D eigenvalue weighted by Crippen LogP contribution is 2.52. The number of amides is 2. The minimum atomic E-state index is -0.913. The van der Waals surface area contributed by atoms with E-state index in [0.717, 1.165) is 24.0 Å². The maximum Gasteiger partial charge on any atom is 0.251 e. The lowest BCUT2D eigenvalue weighted by Crippen LogP contribution is -2.60. The van der Waals surface area contributed by atoms with Gasteiger partial charge >= 0.3 is 0 Å². The Morgan fingerprint density at radius 2 is 1.68 bits per heavy atom. The number of fused-ring (bicyclic) bond motifs is 4. The first kappa shape index (κ1) is 26.6. The van der Waals surface area contributed by atoms with Gasteiger partial charge in [-0.3, -0.25) is 14.5 Å². The van der Waals surface area contributed by atoms with Gasteiger partial charge in [-0.15, -0.1) is 0 Å². The zero-order valence-electron chi connectivity index (χ0n) is 23.2. The monoisotopic (exact) mass is 546 g/mol. The van der Waals surface area contributed by atoms with Crippen molar-refractivity contribution in [2.75, 3.05) is 11.4 Å². The molecule has 1 N–H and O–H groups in total. The molecule has 4 aromatic rings. The molecule has 2 bridgehead atoms. The average molecular weight is 547 g/mol. The smallest absolute Gasteiger partial charge is 0.251 e. The molecular weight excluding hydrogens is 512 g/mol. The maximum atomic E-state index is 13.6. The zero-order chi connectivity index (χ0) is 28.2. The third-order valence-electron chi connectivity index (χ3n) is 7.91. The van der Waals surface area contributed by atoms with Gasteiger partial charge in [0.2, 0.25) is 5.91 Å². The van der Waals surface area contributed by atoms with E-state index in [1.165, 1.54) is 5.56 Å². The summed E-state index contributed by atoms with van der Waals surface area (Å²) in [5.74, 6) is 1.21. The van der Waals surface area contributed by atoms with Crippen molar-refractivity contribution < 1.29 is 19.1 Å². The number of carbonyl (C=O) groups is 2. The van der Waals surface area contributed by atoms with Crippen molar-refractivity contribution in [3.8, 4) is 11.5 Å². The van der Waals surface area contributed by atoms with Gasteiger partial charge in [0.05, 0.1) is 0 Å². The molecular formula is C35H34N2O4. The fourth-order valence-corrected chi connectivity index (χ4v) is 5.97. The van der Waals surface area contributed by atoms with Crippen molar-refractivity contribution >= 4 is 17.5 Å². The molecule has 2 aliphatic heterocycles. The van der Waals surface area contributed by atoms with Crippen LogP contribution in [0, 0.1) is 0 Å². The molecule has 0 spiro atoms. The molecule has 2 atom stereocenters. The maximum absolute atomic E-state index is 13.6. The number of hydrogen-bond acceptors (Lipinski definition) is 4. The van der Waals surface area contributed by atoms with Gasteiger partial charge in [0, 0.05) is 42.1 Å². The Balaban J connectivity index is 1.18. The number of benzene rings is 4. The molecule has 2 aliphatic rings. The molecule has 2 unspecified atom stereocenters. The van der Waals surface area contributed by atoms with Gasteiger partial charge in [-0.1, -0.05) is 78.9 Å². The third-order valence-corrected chi connectivity index (χ3v) is 7.91. The molecule has 6 nitrogen and oxygen atoms in total. The SMILES string of the molecule is CC12CC(CC(=O)N1c1cccc(C(=O)NCCCc3ccccc3)c1)c1cccc(OCc3ccccc3)c1O2. The second-order valence-electron chi connectivity index (χ2n) is 11.0. The molecule has 208 valence electrons. The highest BCUT2D eigenvalue weighted by molar-refractivity contribution is 5.99. The van der Waals surface area contributed by atoms with Crippen LogP contribution in [-0.2, 0) is 17.8 Å². The van der Waals surface area contributed by atoms with Gasteiger partial charge in [-0.25, -0.2) is 0 Å². The fourth-order valence-electron chi connectivity index (χ4n) is 5.97.